The molecule has 0 aliphatic rings. The Morgan fingerprint density at radius 3 is 2.54 bits per heavy atom. The van der Waals surface area contributed by atoms with Gasteiger partial charge in [-0.05, 0) is 37.3 Å². The molecule has 1 aromatic heterocycles. The van der Waals surface area contributed by atoms with Crippen LogP contribution in [0, 0.1) is 12.7 Å². The molecule has 2 aromatic carbocycles. The summed E-state index contributed by atoms with van der Waals surface area (Å²) in [4.78, 5) is 10.7. The van der Waals surface area contributed by atoms with Gasteiger partial charge in [0.2, 0.25) is 0 Å². The molecule has 0 saturated carbocycles. The Kier molecular flexibility index (Phi) is 6.11. The number of carbonyl (C=O) groups is 1. The summed E-state index contributed by atoms with van der Waals surface area (Å²) in [6, 6.07) is 11.1. The summed E-state index contributed by atoms with van der Waals surface area (Å²) in [5.74, 6) is 0.310. The maximum atomic E-state index is 14.0. The SMILES string of the molecule is Cc1cc(OC(=O)O)cn1Cc1cc(Cl)ccc1OCc1ccc(Cl)cc1F. The van der Waals surface area contributed by atoms with Gasteiger partial charge in [-0.3, -0.25) is 0 Å². The van der Waals surface area contributed by atoms with Crippen molar-refractivity contribution in [3.8, 4) is 11.5 Å². The summed E-state index contributed by atoms with van der Waals surface area (Å²) < 4.78 is 26.3. The van der Waals surface area contributed by atoms with Crippen LogP contribution < -0.4 is 9.47 Å². The molecular formula is C20H16Cl2FNO4. The lowest BCUT2D eigenvalue weighted by atomic mass is 10.2. The fraction of sp³-hybridized carbons (Fsp3) is 0.150. The van der Waals surface area contributed by atoms with Crippen LogP contribution in [0.2, 0.25) is 10.0 Å². The van der Waals surface area contributed by atoms with Crippen molar-refractivity contribution < 1.29 is 23.8 Å². The summed E-state index contributed by atoms with van der Waals surface area (Å²) in [6.07, 6.45) is 0.196. The molecule has 8 heteroatoms. The molecule has 5 nitrogen and oxygen atoms in total. The molecule has 3 rings (SSSR count). The Morgan fingerprint density at radius 2 is 1.82 bits per heavy atom. The fourth-order valence-corrected chi connectivity index (χ4v) is 3.05. The van der Waals surface area contributed by atoms with Gasteiger partial charge < -0.3 is 19.1 Å². The fourth-order valence-electron chi connectivity index (χ4n) is 2.70. The van der Waals surface area contributed by atoms with Gasteiger partial charge in [0.25, 0.3) is 0 Å². The van der Waals surface area contributed by atoms with Crippen LogP contribution in [0.5, 0.6) is 11.5 Å². The predicted octanol–water partition coefficient (Wildman–Crippen LogP) is 5.93. The second-order valence-electron chi connectivity index (χ2n) is 6.09. The Hall–Kier alpha value is -2.70. The Balaban J connectivity index is 1.81. The molecule has 3 aromatic rings. The van der Waals surface area contributed by atoms with Crippen molar-refractivity contribution in [1.82, 2.24) is 4.57 Å². The maximum absolute atomic E-state index is 14.0. The molecule has 0 radical (unpaired) electrons. The number of carboxylic acid groups (broad SMARTS) is 1. The zero-order valence-corrected chi connectivity index (χ0v) is 16.3. The third kappa shape index (κ3) is 4.97. The van der Waals surface area contributed by atoms with E-state index in [9.17, 15) is 9.18 Å². The molecule has 0 unspecified atom stereocenters. The van der Waals surface area contributed by atoms with Gasteiger partial charge in [-0.1, -0.05) is 29.3 Å². The third-order valence-corrected chi connectivity index (χ3v) is 4.52. The second kappa shape index (κ2) is 8.54. The second-order valence-corrected chi connectivity index (χ2v) is 6.96. The molecule has 28 heavy (non-hydrogen) atoms. The number of rotatable bonds is 6. The van der Waals surface area contributed by atoms with Crippen LogP contribution in [-0.2, 0) is 13.2 Å². The van der Waals surface area contributed by atoms with Crippen molar-refractivity contribution in [2.24, 2.45) is 0 Å². The first-order valence-electron chi connectivity index (χ1n) is 8.24. The van der Waals surface area contributed by atoms with Crippen LogP contribution >= 0.6 is 23.2 Å². The summed E-state index contributed by atoms with van der Waals surface area (Å²) in [5, 5.41) is 9.58. The van der Waals surface area contributed by atoms with E-state index in [1.165, 1.54) is 6.07 Å². The van der Waals surface area contributed by atoms with E-state index in [2.05, 4.69) is 4.74 Å². The van der Waals surface area contributed by atoms with Crippen molar-refractivity contribution in [2.45, 2.75) is 20.1 Å². The van der Waals surface area contributed by atoms with E-state index in [4.69, 9.17) is 33.0 Å². The molecular weight excluding hydrogens is 408 g/mol. The van der Waals surface area contributed by atoms with Gasteiger partial charge in [-0.2, -0.15) is 0 Å². The van der Waals surface area contributed by atoms with Crippen LogP contribution in [-0.4, -0.2) is 15.8 Å². The van der Waals surface area contributed by atoms with Crippen molar-refractivity contribution in [3.63, 3.8) is 0 Å². The number of ether oxygens (including phenoxy) is 2. The minimum Gasteiger partial charge on any atom is -0.488 e. The van der Waals surface area contributed by atoms with Crippen molar-refractivity contribution in [2.75, 3.05) is 0 Å². The highest BCUT2D eigenvalue weighted by molar-refractivity contribution is 6.30. The topological polar surface area (TPSA) is 60.7 Å². The van der Waals surface area contributed by atoms with Gasteiger partial charge in [0.1, 0.15) is 18.2 Å². The van der Waals surface area contributed by atoms with Gasteiger partial charge in [0.05, 0.1) is 6.54 Å². The lowest BCUT2D eigenvalue weighted by Gasteiger charge is -2.14. The van der Waals surface area contributed by atoms with Gasteiger partial charge in [-0.25, -0.2) is 9.18 Å². The molecule has 0 fully saturated rings. The Morgan fingerprint density at radius 1 is 1.11 bits per heavy atom. The lowest BCUT2D eigenvalue weighted by molar-refractivity contribution is 0.144. The highest BCUT2D eigenvalue weighted by Crippen LogP contribution is 2.27. The van der Waals surface area contributed by atoms with E-state index in [0.717, 1.165) is 11.3 Å². The van der Waals surface area contributed by atoms with Crippen molar-refractivity contribution >= 4 is 29.4 Å². The van der Waals surface area contributed by atoms with Crippen LogP contribution in [0.1, 0.15) is 16.8 Å². The molecule has 0 aliphatic heterocycles. The first-order chi connectivity index (χ1) is 13.3. The standard InChI is InChI=1S/C20H16Cl2FNO4/c1-12-6-17(28-20(25)26)10-24(12)9-14-7-15(21)4-5-19(14)27-11-13-2-3-16(22)8-18(13)23/h2-8,10H,9,11H2,1H3,(H,25,26). The van der Waals surface area contributed by atoms with Gasteiger partial charge >= 0.3 is 6.16 Å². The smallest absolute Gasteiger partial charge is 0.488 e. The monoisotopic (exact) mass is 423 g/mol. The average Bonchev–Trinajstić information content (AvgIpc) is 2.94. The maximum Gasteiger partial charge on any atom is 0.511 e. The molecule has 0 spiro atoms. The van der Waals surface area contributed by atoms with Crippen LogP contribution in [0.4, 0.5) is 9.18 Å². The number of benzene rings is 2. The summed E-state index contributed by atoms with van der Waals surface area (Å²) in [5.41, 5.74) is 1.92. The minimum atomic E-state index is -1.38. The number of aryl methyl sites for hydroxylation is 1. The quantitative estimate of drug-likeness (QED) is 0.499. The van der Waals surface area contributed by atoms with Crippen molar-refractivity contribution in [1.29, 1.82) is 0 Å². The zero-order valence-electron chi connectivity index (χ0n) is 14.8. The summed E-state index contributed by atoms with van der Waals surface area (Å²) in [7, 11) is 0. The molecule has 146 valence electrons. The van der Waals surface area contributed by atoms with Crippen LogP contribution in [0.25, 0.3) is 0 Å². The number of nitrogens with zero attached hydrogens (tertiary/aromatic N) is 1. The number of aromatic nitrogens is 1. The lowest BCUT2D eigenvalue weighted by Crippen LogP contribution is -2.05. The number of halogens is 3. The molecule has 0 atom stereocenters. The molecule has 1 heterocycles. The molecule has 0 aliphatic carbocycles. The van der Waals surface area contributed by atoms with E-state index in [0.29, 0.717) is 27.9 Å². The van der Waals surface area contributed by atoms with Crippen LogP contribution in [0.15, 0.2) is 48.7 Å². The Bertz CT molecular complexity index is 1020. The van der Waals surface area contributed by atoms with E-state index < -0.39 is 12.0 Å². The first-order valence-corrected chi connectivity index (χ1v) is 9.00. The predicted molar refractivity (Wildman–Crippen MR) is 104 cm³/mol. The highest BCUT2D eigenvalue weighted by atomic mass is 35.5. The van der Waals surface area contributed by atoms with Gasteiger partial charge in [0, 0.05) is 39.1 Å². The highest BCUT2D eigenvalue weighted by Gasteiger charge is 2.12. The number of hydrogen-bond donors (Lipinski definition) is 1. The largest absolute Gasteiger partial charge is 0.511 e. The van der Waals surface area contributed by atoms with Gasteiger partial charge in [-0.15, -0.1) is 0 Å². The molecule has 0 amide bonds. The van der Waals surface area contributed by atoms with Crippen LogP contribution in [0.3, 0.4) is 0 Å². The summed E-state index contributed by atoms with van der Waals surface area (Å²) in [6.45, 7) is 2.21. The van der Waals surface area contributed by atoms with Crippen molar-refractivity contribution in [3.05, 3.63) is 81.3 Å². The molecule has 0 saturated heterocycles. The van der Waals surface area contributed by atoms with E-state index in [1.807, 2.05) is 6.92 Å². The average molecular weight is 424 g/mol. The van der Waals surface area contributed by atoms with Gasteiger partial charge in [0.15, 0.2) is 5.75 Å². The third-order valence-electron chi connectivity index (χ3n) is 4.05. The molecule has 0 bridgehead atoms. The van der Waals surface area contributed by atoms with E-state index in [-0.39, 0.29) is 12.4 Å². The summed E-state index contributed by atoms with van der Waals surface area (Å²) >= 11 is 11.9. The van der Waals surface area contributed by atoms with E-state index >= 15 is 0 Å². The zero-order chi connectivity index (χ0) is 20.3. The number of hydrogen-bond acceptors (Lipinski definition) is 3. The first kappa shape index (κ1) is 20.0. The van der Waals surface area contributed by atoms with E-state index in [1.54, 1.807) is 47.2 Å². The minimum absolute atomic E-state index is 0.0235. The Labute approximate surface area is 170 Å². The normalized spacial score (nSPS) is 10.7. The molecule has 1 N–H and O–H groups in total.